The van der Waals surface area contributed by atoms with Crippen molar-refractivity contribution in [2.45, 2.75) is 26.2 Å². The minimum Gasteiger partial charge on any atom is -0.384 e. The Labute approximate surface area is 218 Å². The molecule has 3 aromatic carbocycles. The number of para-hydroxylation sites is 1. The van der Waals surface area contributed by atoms with Crippen LogP contribution in [0.5, 0.6) is 0 Å². The third-order valence-corrected chi connectivity index (χ3v) is 7.36. The van der Waals surface area contributed by atoms with Crippen molar-refractivity contribution in [3.63, 3.8) is 0 Å². The first-order valence-electron chi connectivity index (χ1n) is 12.9. The predicted octanol–water partition coefficient (Wildman–Crippen LogP) is 4.30. The number of aromatic nitrogens is 2. The third kappa shape index (κ3) is 5.21. The molecule has 4 aromatic rings. The molecule has 5 rings (SSSR count). The highest BCUT2D eigenvalue weighted by Gasteiger charge is 2.22. The second-order valence-corrected chi connectivity index (χ2v) is 9.82. The molecule has 0 aliphatic carbocycles. The van der Waals surface area contributed by atoms with Crippen LogP contribution in [0.15, 0.2) is 66.7 Å². The van der Waals surface area contributed by atoms with E-state index in [4.69, 9.17) is 16.1 Å². The SMILES string of the molecule is Cc1ccccc1N1CCCN(C(=O)c2ccc3c(c2)nc(CCc2ccc(C(=N)N)cc2)n3C)CC1. The molecule has 1 amide bonds. The quantitative estimate of drug-likeness (QED) is 0.309. The van der Waals surface area contributed by atoms with Gasteiger partial charge in [-0.2, -0.15) is 0 Å². The van der Waals surface area contributed by atoms with Crippen LogP contribution >= 0.6 is 0 Å². The first-order chi connectivity index (χ1) is 17.9. The summed E-state index contributed by atoms with van der Waals surface area (Å²) in [6, 6.07) is 22.1. The fourth-order valence-electron chi connectivity index (χ4n) is 5.18. The largest absolute Gasteiger partial charge is 0.384 e. The summed E-state index contributed by atoms with van der Waals surface area (Å²) >= 11 is 0. The number of nitrogens with zero attached hydrogens (tertiary/aromatic N) is 4. The average Bonchev–Trinajstić information content (AvgIpc) is 3.05. The second kappa shape index (κ2) is 10.5. The van der Waals surface area contributed by atoms with Crippen molar-refractivity contribution in [3.8, 4) is 0 Å². The van der Waals surface area contributed by atoms with E-state index in [0.717, 1.165) is 61.3 Å². The summed E-state index contributed by atoms with van der Waals surface area (Å²) in [6.07, 6.45) is 2.57. The lowest BCUT2D eigenvalue weighted by molar-refractivity contribution is 0.0767. The van der Waals surface area contributed by atoms with Crippen LogP contribution in [0.4, 0.5) is 5.69 Å². The summed E-state index contributed by atoms with van der Waals surface area (Å²) in [5.41, 5.74) is 12.6. The average molecular weight is 495 g/mol. The van der Waals surface area contributed by atoms with Crippen LogP contribution in [0, 0.1) is 12.3 Å². The minimum absolute atomic E-state index is 0.0753. The van der Waals surface area contributed by atoms with Crippen molar-refractivity contribution < 1.29 is 4.79 Å². The van der Waals surface area contributed by atoms with Gasteiger partial charge in [-0.25, -0.2) is 4.98 Å². The molecule has 0 unspecified atom stereocenters. The van der Waals surface area contributed by atoms with Crippen molar-refractivity contribution in [1.29, 1.82) is 5.41 Å². The molecule has 7 heteroatoms. The van der Waals surface area contributed by atoms with Crippen molar-refractivity contribution in [2.75, 3.05) is 31.1 Å². The van der Waals surface area contributed by atoms with Gasteiger partial charge in [-0.3, -0.25) is 10.2 Å². The molecule has 7 nitrogen and oxygen atoms in total. The van der Waals surface area contributed by atoms with E-state index in [0.29, 0.717) is 12.1 Å². The molecule has 1 saturated heterocycles. The van der Waals surface area contributed by atoms with E-state index < -0.39 is 0 Å². The lowest BCUT2D eigenvalue weighted by Gasteiger charge is -2.25. The number of rotatable bonds is 6. The summed E-state index contributed by atoms with van der Waals surface area (Å²) in [6.45, 7) is 5.40. The van der Waals surface area contributed by atoms with Crippen LogP contribution in [0.2, 0.25) is 0 Å². The molecule has 3 N–H and O–H groups in total. The maximum Gasteiger partial charge on any atom is 0.253 e. The number of fused-ring (bicyclic) bond motifs is 1. The Hall–Kier alpha value is -4.13. The number of benzene rings is 3. The van der Waals surface area contributed by atoms with Crippen LogP contribution in [-0.4, -0.2) is 52.4 Å². The van der Waals surface area contributed by atoms with E-state index >= 15 is 0 Å². The zero-order valence-electron chi connectivity index (χ0n) is 21.6. The van der Waals surface area contributed by atoms with Gasteiger partial charge in [-0.15, -0.1) is 0 Å². The molecule has 190 valence electrons. The number of nitrogens with two attached hydrogens (primary N) is 1. The zero-order chi connectivity index (χ0) is 25.9. The monoisotopic (exact) mass is 494 g/mol. The molecule has 0 bridgehead atoms. The molecule has 1 fully saturated rings. The standard InChI is InChI=1S/C30H34N6O/c1-21-6-3-4-7-26(21)35-16-5-17-36(19-18-35)30(37)24-13-14-27-25(20-24)33-28(34(27)2)15-10-22-8-11-23(12-9-22)29(31)32/h3-4,6-9,11-14,20H,5,10,15-19H2,1-2H3,(H3,31,32). The van der Waals surface area contributed by atoms with E-state index in [2.05, 4.69) is 40.7 Å². The Morgan fingerprint density at radius 3 is 2.46 bits per heavy atom. The third-order valence-electron chi connectivity index (χ3n) is 7.36. The number of hydrogen-bond donors (Lipinski definition) is 2. The first-order valence-corrected chi connectivity index (χ1v) is 12.9. The van der Waals surface area contributed by atoms with Crippen LogP contribution < -0.4 is 10.6 Å². The number of amidine groups is 1. The van der Waals surface area contributed by atoms with Gasteiger partial charge in [-0.1, -0.05) is 42.5 Å². The molecule has 0 spiro atoms. The van der Waals surface area contributed by atoms with Gasteiger partial charge < -0.3 is 20.1 Å². The lowest BCUT2D eigenvalue weighted by Crippen LogP contribution is -2.35. The molecule has 37 heavy (non-hydrogen) atoms. The van der Waals surface area contributed by atoms with E-state index in [1.165, 1.54) is 16.8 Å². The lowest BCUT2D eigenvalue weighted by atomic mass is 10.1. The Morgan fingerprint density at radius 2 is 1.70 bits per heavy atom. The van der Waals surface area contributed by atoms with Crippen LogP contribution in [0.25, 0.3) is 11.0 Å². The molecule has 1 aliphatic rings. The molecule has 1 aliphatic heterocycles. The number of anilines is 1. The number of carbonyl (C=O) groups is 1. The fourth-order valence-corrected chi connectivity index (χ4v) is 5.18. The maximum absolute atomic E-state index is 13.4. The Morgan fingerprint density at radius 1 is 0.946 bits per heavy atom. The predicted molar refractivity (Wildman–Crippen MR) is 149 cm³/mol. The summed E-state index contributed by atoms with van der Waals surface area (Å²) in [5.74, 6) is 1.14. The molecular weight excluding hydrogens is 460 g/mol. The molecular formula is C30H34N6O. The molecule has 0 atom stereocenters. The zero-order valence-corrected chi connectivity index (χ0v) is 21.6. The van der Waals surface area contributed by atoms with Gasteiger partial charge in [0.05, 0.1) is 11.0 Å². The number of amides is 1. The number of imidazole rings is 1. The Balaban J connectivity index is 1.27. The Kier molecular flexibility index (Phi) is 6.95. The number of nitrogens with one attached hydrogen (secondary N) is 1. The van der Waals surface area contributed by atoms with Gasteiger partial charge in [0.15, 0.2) is 0 Å². The second-order valence-electron chi connectivity index (χ2n) is 9.82. The smallest absolute Gasteiger partial charge is 0.253 e. The topological polar surface area (TPSA) is 91.2 Å². The highest BCUT2D eigenvalue weighted by molar-refractivity contribution is 5.97. The number of aryl methyl sites for hydroxylation is 4. The first kappa shape index (κ1) is 24.6. The van der Waals surface area contributed by atoms with E-state index in [9.17, 15) is 4.79 Å². The molecule has 0 saturated carbocycles. The van der Waals surface area contributed by atoms with Crippen molar-refractivity contribution >= 4 is 28.5 Å². The molecule has 1 aromatic heterocycles. The molecule has 2 heterocycles. The van der Waals surface area contributed by atoms with Crippen LogP contribution in [0.1, 0.15) is 39.3 Å². The van der Waals surface area contributed by atoms with E-state index in [1.807, 2.05) is 54.4 Å². The van der Waals surface area contributed by atoms with Crippen molar-refractivity contribution in [3.05, 3.63) is 94.8 Å². The Bertz CT molecular complexity index is 1440. The van der Waals surface area contributed by atoms with Gasteiger partial charge in [0.2, 0.25) is 0 Å². The van der Waals surface area contributed by atoms with Crippen LogP contribution in [0.3, 0.4) is 0 Å². The number of nitrogen functional groups attached to an aromatic ring is 1. The fraction of sp³-hybridized carbons (Fsp3) is 0.300. The van der Waals surface area contributed by atoms with Gasteiger partial charge >= 0.3 is 0 Å². The summed E-state index contributed by atoms with van der Waals surface area (Å²) in [4.78, 5) is 22.7. The van der Waals surface area contributed by atoms with Crippen LogP contribution in [-0.2, 0) is 19.9 Å². The van der Waals surface area contributed by atoms with E-state index in [-0.39, 0.29) is 11.7 Å². The summed E-state index contributed by atoms with van der Waals surface area (Å²) < 4.78 is 2.11. The summed E-state index contributed by atoms with van der Waals surface area (Å²) in [5, 5.41) is 7.54. The van der Waals surface area contributed by atoms with Gasteiger partial charge in [0.1, 0.15) is 11.7 Å². The minimum atomic E-state index is 0.0753. The highest BCUT2D eigenvalue weighted by atomic mass is 16.2. The van der Waals surface area contributed by atoms with Gasteiger partial charge in [0.25, 0.3) is 5.91 Å². The highest BCUT2D eigenvalue weighted by Crippen LogP contribution is 2.23. The van der Waals surface area contributed by atoms with E-state index in [1.54, 1.807) is 0 Å². The van der Waals surface area contributed by atoms with Crippen molar-refractivity contribution in [1.82, 2.24) is 14.5 Å². The van der Waals surface area contributed by atoms with Gasteiger partial charge in [0, 0.05) is 56.5 Å². The van der Waals surface area contributed by atoms with Gasteiger partial charge in [-0.05, 0) is 55.2 Å². The number of hydrogen-bond acceptors (Lipinski definition) is 4. The number of carbonyl (C=O) groups excluding carboxylic acids is 1. The maximum atomic E-state index is 13.4. The summed E-state index contributed by atoms with van der Waals surface area (Å²) in [7, 11) is 2.03. The molecule has 0 radical (unpaired) electrons. The normalized spacial score (nSPS) is 14.1. The van der Waals surface area contributed by atoms with Crippen molar-refractivity contribution in [2.24, 2.45) is 12.8 Å².